The van der Waals surface area contributed by atoms with Crippen LogP contribution in [0.5, 0.6) is 0 Å². The van der Waals surface area contributed by atoms with E-state index >= 15 is 0 Å². The standard InChI is InChI=1S/C12H26N2O/c1-6-9(4)10(13)11(15)14-12(5,7-2)8-3/h9-10H,6-8,13H2,1-5H3,(H,14,15)/t9-,10-/m0/s1. The summed E-state index contributed by atoms with van der Waals surface area (Å²) in [5.41, 5.74) is 5.77. The molecule has 0 bridgehead atoms. The Morgan fingerprint density at radius 2 is 1.80 bits per heavy atom. The minimum absolute atomic E-state index is 0.0180. The first-order valence-corrected chi connectivity index (χ1v) is 5.97. The third kappa shape index (κ3) is 4.20. The molecule has 15 heavy (non-hydrogen) atoms. The molecule has 0 saturated heterocycles. The fourth-order valence-corrected chi connectivity index (χ4v) is 1.32. The smallest absolute Gasteiger partial charge is 0.237 e. The molecule has 3 N–H and O–H groups in total. The van der Waals surface area contributed by atoms with Crippen LogP contribution >= 0.6 is 0 Å². The number of hydrogen-bond donors (Lipinski definition) is 2. The van der Waals surface area contributed by atoms with Crippen molar-refractivity contribution in [3.63, 3.8) is 0 Å². The fourth-order valence-electron chi connectivity index (χ4n) is 1.32. The first-order chi connectivity index (χ1) is 6.90. The highest BCUT2D eigenvalue weighted by molar-refractivity contribution is 5.82. The van der Waals surface area contributed by atoms with Gasteiger partial charge in [0, 0.05) is 5.54 Å². The van der Waals surface area contributed by atoms with Gasteiger partial charge in [0.1, 0.15) is 0 Å². The maximum absolute atomic E-state index is 11.8. The van der Waals surface area contributed by atoms with Crippen molar-refractivity contribution in [1.82, 2.24) is 5.32 Å². The molecule has 0 aromatic rings. The Labute approximate surface area is 93.8 Å². The van der Waals surface area contributed by atoms with Crippen LogP contribution in [0.3, 0.4) is 0 Å². The lowest BCUT2D eigenvalue weighted by molar-refractivity contribution is -0.125. The van der Waals surface area contributed by atoms with Gasteiger partial charge in [0.15, 0.2) is 0 Å². The van der Waals surface area contributed by atoms with Crippen molar-refractivity contribution in [1.29, 1.82) is 0 Å². The Kier molecular flexibility index (Phi) is 5.88. The van der Waals surface area contributed by atoms with E-state index in [1.165, 1.54) is 0 Å². The zero-order valence-corrected chi connectivity index (χ0v) is 10.8. The summed E-state index contributed by atoms with van der Waals surface area (Å²) in [5.74, 6) is 0.221. The molecule has 2 atom stereocenters. The van der Waals surface area contributed by atoms with Gasteiger partial charge < -0.3 is 11.1 Å². The summed E-state index contributed by atoms with van der Waals surface area (Å²) in [4.78, 5) is 11.8. The molecule has 0 unspecified atom stereocenters. The van der Waals surface area contributed by atoms with Gasteiger partial charge in [0.05, 0.1) is 6.04 Å². The molecule has 0 aromatic carbocycles. The molecule has 1 amide bonds. The van der Waals surface area contributed by atoms with Crippen molar-refractivity contribution >= 4 is 5.91 Å². The number of hydrogen-bond acceptors (Lipinski definition) is 2. The van der Waals surface area contributed by atoms with E-state index in [0.29, 0.717) is 0 Å². The maximum Gasteiger partial charge on any atom is 0.237 e. The molecule has 0 aliphatic rings. The first kappa shape index (κ1) is 14.4. The molecule has 0 fully saturated rings. The Bertz CT molecular complexity index is 200. The van der Waals surface area contributed by atoms with E-state index in [0.717, 1.165) is 19.3 Å². The van der Waals surface area contributed by atoms with Crippen LogP contribution in [0.4, 0.5) is 0 Å². The monoisotopic (exact) mass is 214 g/mol. The van der Waals surface area contributed by atoms with E-state index < -0.39 is 0 Å². The Morgan fingerprint density at radius 1 is 1.33 bits per heavy atom. The molecular weight excluding hydrogens is 188 g/mol. The Morgan fingerprint density at radius 3 is 2.13 bits per heavy atom. The van der Waals surface area contributed by atoms with Gasteiger partial charge in [0.2, 0.25) is 5.91 Å². The van der Waals surface area contributed by atoms with Crippen LogP contribution in [0.1, 0.15) is 53.9 Å². The zero-order chi connectivity index (χ0) is 12.1. The third-order valence-corrected chi connectivity index (χ3v) is 3.55. The summed E-state index contributed by atoms with van der Waals surface area (Å²) in [6.45, 7) is 10.3. The summed E-state index contributed by atoms with van der Waals surface area (Å²) in [6, 6.07) is -0.382. The number of rotatable bonds is 6. The number of nitrogens with two attached hydrogens (primary N) is 1. The van der Waals surface area contributed by atoms with Gasteiger partial charge in [-0.1, -0.05) is 34.1 Å². The van der Waals surface area contributed by atoms with Crippen LogP contribution in [0, 0.1) is 5.92 Å². The van der Waals surface area contributed by atoms with Crippen molar-refractivity contribution < 1.29 is 4.79 Å². The second kappa shape index (κ2) is 6.11. The molecule has 0 spiro atoms. The van der Waals surface area contributed by atoms with E-state index in [2.05, 4.69) is 33.0 Å². The van der Waals surface area contributed by atoms with Gasteiger partial charge in [-0.15, -0.1) is 0 Å². The van der Waals surface area contributed by atoms with Crippen molar-refractivity contribution in [2.24, 2.45) is 11.7 Å². The average Bonchev–Trinajstić information content (AvgIpc) is 2.26. The lowest BCUT2D eigenvalue weighted by atomic mass is 9.93. The molecule has 0 heterocycles. The largest absolute Gasteiger partial charge is 0.350 e. The van der Waals surface area contributed by atoms with Crippen LogP contribution in [0.2, 0.25) is 0 Å². The predicted molar refractivity (Wildman–Crippen MR) is 64.6 cm³/mol. The van der Waals surface area contributed by atoms with Crippen LogP contribution in [0.25, 0.3) is 0 Å². The molecule has 0 aliphatic heterocycles. The van der Waals surface area contributed by atoms with Gasteiger partial charge in [0.25, 0.3) is 0 Å². The van der Waals surface area contributed by atoms with Crippen molar-refractivity contribution in [3.05, 3.63) is 0 Å². The zero-order valence-electron chi connectivity index (χ0n) is 10.8. The maximum atomic E-state index is 11.8. The normalized spacial score (nSPS) is 15.9. The lowest BCUT2D eigenvalue weighted by Crippen LogP contribution is -2.53. The summed E-state index contributed by atoms with van der Waals surface area (Å²) in [5, 5.41) is 3.04. The molecule has 3 nitrogen and oxygen atoms in total. The average molecular weight is 214 g/mol. The minimum Gasteiger partial charge on any atom is -0.350 e. The van der Waals surface area contributed by atoms with Crippen molar-refractivity contribution in [3.8, 4) is 0 Å². The number of amides is 1. The molecule has 0 radical (unpaired) electrons. The van der Waals surface area contributed by atoms with Gasteiger partial charge in [-0.3, -0.25) is 4.79 Å². The van der Waals surface area contributed by atoms with Crippen LogP contribution < -0.4 is 11.1 Å². The van der Waals surface area contributed by atoms with E-state index in [4.69, 9.17) is 5.73 Å². The highest BCUT2D eigenvalue weighted by atomic mass is 16.2. The second-order valence-corrected chi connectivity index (χ2v) is 4.67. The molecule has 0 rings (SSSR count). The predicted octanol–water partition coefficient (Wildman–Crippen LogP) is 2.05. The van der Waals surface area contributed by atoms with Gasteiger partial charge in [-0.05, 0) is 25.7 Å². The lowest BCUT2D eigenvalue weighted by Gasteiger charge is -2.30. The third-order valence-electron chi connectivity index (χ3n) is 3.55. The Balaban J connectivity index is 4.35. The van der Waals surface area contributed by atoms with E-state index in [1.54, 1.807) is 0 Å². The minimum atomic E-state index is -0.382. The van der Waals surface area contributed by atoms with Crippen molar-refractivity contribution in [2.45, 2.75) is 65.5 Å². The fraction of sp³-hybridized carbons (Fsp3) is 0.917. The molecule has 3 heteroatoms. The quantitative estimate of drug-likeness (QED) is 0.711. The molecule has 90 valence electrons. The van der Waals surface area contributed by atoms with Crippen LogP contribution in [0.15, 0.2) is 0 Å². The molecular formula is C12H26N2O. The summed E-state index contributed by atoms with van der Waals surface area (Å²) in [7, 11) is 0. The van der Waals surface area contributed by atoms with Crippen LogP contribution in [-0.2, 0) is 4.79 Å². The van der Waals surface area contributed by atoms with Gasteiger partial charge in [-0.25, -0.2) is 0 Å². The highest BCUT2D eigenvalue weighted by Crippen LogP contribution is 2.15. The van der Waals surface area contributed by atoms with Crippen molar-refractivity contribution in [2.75, 3.05) is 0 Å². The second-order valence-electron chi connectivity index (χ2n) is 4.67. The topological polar surface area (TPSA) is 55.1 Å². The number of nitrogens with one attached hydrogen (secondary N) is 1. The summed E-state index contributed by atoms with van der Waals surface area (Å²) < 4.78 is 0. The molecule has 0 saturated carbocycles. The SMILES string of the molecule is CC[C@H](C)[C@H](N)C(=O)NC(C)(CC)CC. The van der Waals surface area contributed by atoms with E-state index in [1.807, 2.05) is 6.92 Å². The number of carbonyl (C=O) groups is 1. The summed E-state index contributed by atoms with van der Waals surface area (Å²) in [6.07, 6.45) is 2.80. The van der Waals surface area contributed by atoms with Gasteiger partial charge >= 0.3 is 0 Å². The van der Waals surface area contributed by atoms with E-state index in [-0.39, 0.29) is 23.4 Å². The number of carbonyl (C=O) groups excluding carboxylic acids is 1. The Hall–Kier alpha value is -0.570. The van der Waals surface area contributed by atoms with Gasteiger partial charge in [-0.2, -0.15) is 0 Å². The van der Waals surface area contributed by atoms with E-state index in [9.17, 15) is 4.79 Å². The van der Waals surface area contributed by atoms with Crippen LogP contribution in [-0.4, -0.2) is 17.5 Å². The molecule has 0 aromatic heterocycles. The highest BCUT2D eigenvalue weighted by Gasteiger charge is 2.26. The molecule has 0 aliphatic carbocycles. The summed E-state index contributed by atoms with van der Waals surface area (Å²) >= 11 is 0. The first-order valence-electron chi connectivity index (χ1n) is 5.97.